The van der Waals surface area contributed by atoms with Gasteiger partial charge in [-0.25, -0.2) is 9.59 Å². The lowest BCUT2D eigenvalue weighted by Crippen LogP contribution is -2.38. The molecule has 0 radical (unpaired) electrons. The first-order valence-corrected chi connectivity index (χ1v) is 26.5. The van der Waals surface area contributed by atoms with E-state index in [9.17, 15) is 28.3 Å². The summed E-state index contributed by atoms with van der Waals surface area (Å²) in [6, 6.07) is 24.5. The van der Waals surface area contributed by atoms with Gasteiger partial charge in [0.05, 0.1) is 39.6 Å². The largest absolute Gasteiger partial charge is 0.497 e. The number of aromatic amines is 2. The van der Waals surface area contributed by atoms with Crippen molar-refractivity contribution in [3.05, 3.63) is 161 Å². The molecule has 0 amide bonds. The van der Waals surface area contributed by atoms with Crippen LogP contribution in [0.2, 0.25) is 0 Å². The van der Waals surface area contributed by atoms with Crippen LogP contribution in [0.25, 0.3) is 0 Å². The van der Waals surface area contributed by atoms with Crippen LogP contribution in [0.4, 0.5) is 0 Å². The molecule has 2 aliphatic heterocycles. The van der Waals surface area contributed by atoms with E-state index in [2.05, 4.69) is 9.97 Å². The molecule has 21 heteroatoms. The van der Waals surface area contributed by atoms with E-state index < -0.39 is 79.1 Å². The molecule has 2 N–H and O–H groups in total. The molecule has 2 unspecified atom stereocenters. The van der Waals surface area contributed by atoms with Gasteiger partial charge in [0, 0.05) is 49.7 Å². The van der Waals surface area contributed by atoms with E-state index in [1.165, 1.54) is 34.9 Å². The third-order valence-corrected chi connectivity index (χ3v) is 16.2. The SMILES string of the molecule is COc1ccc(C(OC[C@H]2O[C@@H](n3cc(C)c(=O)[nH]c3=O)C[C@@H]2OP(C)(=O)OC[C@H]2O[C@@H](n3cc(C)c(=O)[nH]c3=O)C[C@@H]2OP(C)(=O)SC)(c2ccccc2)c2ccc(OC)cc2)cc1. The maximum atomic E-state index is 14.5. The van der Waals surface area contributed by atoms with Gasteiger partial charge < -0.3 is 37.3 Å². The van der Waals surface area contributed by atoms with E-state index in [1.807, 2.05) is 78.9 Å². The molecule has 2 fully saturated rings. The number of aromatic nitrogens is 4. The van der Waals surface area contributed by atoms with E-state index in [1.54, 1.807) is 34.3 Å². The number of hydrogen-bond donors (Lipinski definition) is 2. The second-order valence-electron chi connectivity index (χ2n) is 15.8. The van der Waals surface area contributed by atoms with E-state index in [-0.39, 0.29) is 37.2 Å². The van der Waals surface area contributed by atoms with E-state index in [0.29, 0.717) is 11.5 Å². The fourth-order valence-electron chi connectivity index (χ4n) is 7.92. The molecule has 2 saturated heterocycles. The summed E-state index contributed by atoms with van der Waals surface area (Å²) in [5, 5.41) is 0. The van der Waals surface area contributed by atoms with Crippen LogP contribution in [-0.4, -0.2) is 90.5 Å². The third kappa shape index (κ3) is 10.8. The van der Waals surface area contributed by atoms with Crippen molar-refractivity contribution in [3.63, 3.8) is 0 Å². The first-order chi connectivity index (χ1) is 30.9. The number of ether oxygens (including phenoxy) is 5. The second kappa shape index (κ2) is 20.0. The molecule has 2 aromatic heterocycles. The average Bonchev–Trinajstić information content (AvgIpc) is 3.88. The minimum absolute atomic E-state index is 0.0149. The lowest BCUT2D eigenvalue weighted by Gasteiger charge is -2.37. The van der Waals surface area contributed by atoms with E-state index in [0.717, 1.165) is 28.1 Å². The molecule has 0 saturated carbocycles. The molecular formula is C44H52N4O14P2S. The molecule has 8 atom stereocenters. The number of benzene rings is 3. The molecule has 0 aliphatic carbocycles. The second-order valence-corrected chi connectivity index (χ2v) is 23.0. The summed E-state index contributed by atoms with van der Waals surface area (Å²) in [6.07, 6.45) is -1.36. The highest BCUT2D eigenvalue weighted by atomic mass is 32.7. The fourth-order valence-corrected chi connectivity index (χ4v) is 10.5. The van der Waals surface area contributed by atoms with Gasteiger partial charge in [-0.15, -0.1) is 0 Å². The van der Waals surface area contributed by atoms with Crippen LogP contribution in [0.1, 0.15) is 53.1 Å². The number of aryl methyl sites for hydroxylation is 2. The fraction of sp³-hybridized carbons (Fsp3) is 0.409. The Morgan fingerprint density at radius 2 is 1.12 bits per heavy atom. The standard InChI is InChI=1S/C44H52N4O14P2S/c1-27-23-47(42(51)45-40(27)49)38-21-34(61-63(5,53)58-26-37-35(62-64(6,54)65-7)22-39(60-37)48-24-28(2)41(50)46-43(48)52)36(59-38)25-57-44(29-11-9-8-10-12-29,30-13-17-32(55-3)18-14-30)31-15-19-33(56-4)20-16-31/h8-20,23-24,34-39H,21-22,25-26H2,1-7H3,(H,45,49,51)(H,46,50,52)/t34-,35-,36+,37+,38+,39+,63?,64?/m0/s1. The van der Waals surface area contributed by atoms with Gasteiger partial charge in [-0.3, -0.25) is 37.8 Å². The van der Waals surface area contributed by atoms with Crippen molar-refractivity contribution in [2.24, 2.45) is 0 Å². The number of H-pyrrole nitrogens is 2. The molecule has 3 aromatic carbocycles. The number of nitrogens with one attached hydrogen (secondary N) is 2. The molecular weight excluding hydrogens is 903 g/mol. The van der Waals surface area contributed by atoms with Gasteiger partial charge in [0.2, 0.25) is 0 Å². The van der Waals surface area contributed by atoms with Gasteiger partial charge in [0.1, 0.15) is 41.8 Å². The van der Waals surface area contributed by atoms with Crippen molar-refractivity contribution in [1.29, 1.82) is 0 Å². The molecule has 7 rings (SSSR count). The smallest absolute Gasteiger partial charge is 0.330 e. The van der Waals surface area contributed by atoms with Crippen molar-refractivity contribution in [2.75, 3.05) is 47.0 Å². The normalized spacial score (nSPS) is 22.9. The quantitative estimate of drug-likeness (QED) is 0.0749. The molecule has 0 bridgehead atoms. The van der Waals surface area contributed by atoms with Gasteiger partial charge in [-0.2, -0.15) is 0 Å². The van der Waals surface area contributed by atoms with Crippen molar-refractivity contribution in [2.45, 2.75) is 69.2 Å². The average molecular weight is 955 g/mol. The molecule has 5 aromatic rings. The highest BCUT2D eigenvalue weighted by molar-refractivity contribution is 8.56. The van der Waals surface area contributed by atoms with Crippen molar-refractivity contribution >= 4 is 25.5 Å². The van der Waals surface area contributed by atoms with Gasteiger partial charge in [-0.1, -0.05) is 66.0 Å². The number of hydrogen-bond acceptors (Lipinski definition) is 15. The van der Waals surface area contributed by atoms with Crippen LogP contribution in [0.3, 0.4) is 0 Å². The number of rotatable bonds is 18. The Hall–Kier alpha value is -4.81. The zero-order chi connectivity index (χ0) is 46.7. The van der Waals surface area contributed by atoms with Crippen LogP contribution in [0, 0.1) is 13.8 Å². The molecule has 4 heterocycles. The molecule has 0 spiro atoms. The first-order valence-electron chi connectivity index (χ1n) is 20.6. The minimum atomic E-state index is -4.07. The summed E-state index contributed by atoms with van der Waals surface area (Å²) >= 11 is 1.03. The number of methoxy groups -OCH3 is 2. The molecule has 18 nitrogen and oxygen atoms in total. The van der Waals surface area contributed by atoms with Crippen LogP contribution < -0.4 is 32.0 Å². The van der Waals surface area contributed by atoms with Crippen molar-refractivity contribution in [3.8, 4) is 11.5 Å². The monoisotopic (exact) mass is 954 g/mol. The Kier molecular flexibility index (Phi) is 14.8. The lowest BCUT2D eigenvalue weighted by molar-refractivity contribution is -0.0932. The van der Waals surface area contributed by atoms with E-state index in [4.69, 9.17) is 37.3 Å². The Morgan fingerprint density at radius 1 is 0.677 bits per heavy atom. The topological polar surface area (TPSA) is 218 Å². The van der Waals surface area contributed by atoms with Gasteiger partial charge in [0.25, 0.3) is 17.7 Å². The first kappa shape index (κ1) is 48.1. The summed E-state index contributed by atoms with van der Waals surface area (Å²) in [6.45, 7) is 2.08. The Bertz CT molecular complexity index is 2750. The third-order valence-electron chi connectivity index (χ3n) is 11.4. The predicted octanol–water partition coefficient (Wildman–Crippen LogP) is 6.10. The van der Waals surface area contributed by atoms with Crippen molar-refractivity contribution in [1.82, 2.24) is 19.1 Å². The Labute approximate surface area is 378 Å². The lowest BCUT2D eigenvalue weighted by atomic mass is 9.80. The van der Waals surface area contributed by atoms with Gasteiger partial charge in [-0.05, 0) is 61.1 Å². The summed E-state index contributed by atoms with van der Waals surface area (Å²) in [5.74, 6) is 1.26. The maximum absolute atomic E-state index is 14.5. The highest BCUT2D eigenvalue weighted by Gasteiger charge is 2.46. The van der Waals surface area contributed by atoms with Gasteiger partial charge in [0.15, 0.2) is 0 Å². The summed E-state index contributed by atoms with van der Waals surface area (Å²) < 4.78 is 79.4. The van der Waals surface area contributed by atoms with Crippen LogP contribution in [0.5, 0.6) is 11.5 Å². The minimum Gasteiger partial charge on any atom is -0.497 e. The Morgan fingerprint density at radius 3 is 1.58 bits per heavy atom. The highest BCUT2D eigenvalue weighted by Crippen LogP contribution is 2.58. The molecule has 2 aliphatic rings. The summed E-state index contributed by atoms with van der Waals surface area (Å²) in [5.41, 5.74) is -1.03. The van der Waals surface area contributed by atoms with Crippen LogP contribution >= 0.6 is 25.5 Å². The number of nitrogens with zero attached hydrogens (tertiary/aromatic N) is 2. The summed E-state index contributed by atoms with van der Waals surface area (Å²) in [7, 11) is -0.913. The van der Waals surface area contributed by atoms with Gasteiger partial charge >= 0.3 is 19.0 Å². The maximum Gasteiger partial charge on any atom is 0.330 e. The molecule has 65 heavy (non-hydrogen) atoms. The van der Waals surface area contributed by atoms with E-state index >= 15 is 0 Å². The summed E-state index contributed by atoms with van der Waals surface area (Å²) in [4.78, 5) is 55.1. The zero-order valence-corrected chi connectivity index (χ0v) is 39.5. The van der Waals surface area contributed by atoms with Crippen molar-refractivity contribution < 1.29 is 46.4 Å². The Balaban J connectivity index is 1.21. The van der Waals surface area contributed by atoms with Crippen LogP contribution in [0.15, 0.2) is 110 Å². The van der Waals surface area contributed by atoms with Crippen LogP contribution in [-0.2, 0) is 42.5 Å². The predicted molar refractivity (Wildman–Crippen MR) is 244 cm³/mol. The zero-order valence-electron chi connectivity index (χ0n) is 36.9. The molecule has 348 valence electrons.